The minimum atomic E-state index is -0.498. The van der Waals surface area contributed by atoms with Gasteiger partial charge in [-0.05, 0) is 106 Å². The third-order valence-corrected chi connectivity index (χ3v) is 11.4. The molecule has 5 N–H and O–H groups in total. The molecule has 1 aromatic heterocycles. The van der Waals surface area contributed by atoms with Crippen molar-refractivity contribution in [2.24, 2.45) is 0 Å². The van der Waals surface area contributed by atoms with Crippen LogP contribution in [0.15, 0.2) is 63.5 Å². The number of para-hydroxylation sites is 1. The van der Waals surface area contributed by atoms with Crippen LogP contribution in [0.4, 0.5) is 21.0 Å². The maximum absolute atomic E-state index is 13.9. The number of aromatic amines is 1. The molecule has 3 aromatic carbocycles. The summed E-state index contributed by atoms with van der Waals surface area (Å²) in [6.45, 7) is 4.77. The molecule has 262 valence electrons. The van der Waals surface area contributed by atoms with Crippen LogP contribution in [0, 0.1) is 0 Å². The summed E-state index contributed by atoms with van der Waals surface area (Å²) in [5.74, 6) is 0.598. The number of nitrogen functional groups attached to an aromatic ring is 1. The molecule has 1 atom stereocenters. The fourth-order valence-electron chi connectivity index (χ4n) is 7.09. The summed E-state index contributed by atoms with van der Waals surface area (Å²) in [5, 5.41) is 6.31. The van der Waals surface area contributed by atoms with E-state index in [9.17, 15) is 14.4 Å². The van der Waals surface area contributed by atoms with Gasteiger partial charge in [-0.25, -0.2) is 14.6 Å². The second kappa shape index (κ2) is 14.6. The Hall–Kier alpha value is -4.14. The van der Waals surface area contributed by atoms with Gasteiger partial charge in [-0.3, -0.25) is 4.79 Å². The minimum absolute atomic E-state index is 0.00294. The topological polar surface area (TPSA) is 143 Å². The molecular formula is C36H41Br2N9O3. The molecule has 0 spiro atoms. The van der Waals surface area contributed by atoms with Crippen LogP contribution in [0.3, 0.4) is 0 Å². The van der Waals surface area contributed by atoms with Crippen LogP contribution in [0.5, 0.6) is 0 Å². The molecule has 14 heteroatoms. The summed E-state index contributed by atoms with van der Waals surface area (Å²) in [5.41, 5.74) is 11.8. The summed E-state index contributed by atoms with van der Waals surface area (Å²) < 4.78 is 1.51. The van der Waals surface area contributed by atoms with Crippen molar-refractivity contribution in [1.29, 1.82) is 0 Å². The number of likely N-dealkylation sites (N-methyl/N-ethyl adjacent to an activating group) is 1. The fourth-order valence-corrected chi connectivity index (χ4v) is 8.37. The number of hydrogen-bond donors (Lipinski definition) is 4. The maximum atomic E-state index is 13.9. The van der Waals surface area contributed by atoms with Crippen LogP contribution in [-0.4, -0.2) is 106 Å². The number of halogens is 2. The number of piperidine rings is 1. The van der Waals surface area contributed by atoms with Crippen LogP contribution in [0.1, 0.15) is 46.2 Å². The number of anilines is 2. The lowest BCUT2D eigenvalue weighted by atomic mass is 10.0. The average Bonchev–Trinajstić information content (AvgIpc) is 3.47. The number of nitrogens with two attached hydrogens (primary N) is 1. The highest BCUT2D eigenvalue weighted by Crippen LogP contribution is 2.32. The first-order chi connectivity index (χ1) is 24.1. The highest BCUT2D eigenvalue weighted by Gasteiger charge is 2.32. The van der Waals surface area contributed by atoms with Crippen molar-refractivity contribution in [3.63, 3.8) is 0 Å². The standard InChI is InChI=1S/C36H41Br2N9O3/c1-44-14-16-45(17-15-44)34(48)24-6-7-29-30(21-24)41-33(40-29)31(20-22-18-26(37)32(39)27(38)19-22)43-35(49)46-11-9-25(10-12-46)47-13-8-23-4-2-3-5-28(23)42-36(47)50/h2-7,18-19,21,25,31H,8-17,20,39H2,1H3,(H,40,41)(H,42,50)(H,43,49)/t31-/m1/s1. The lowest BCUT2D eigenvalue weighted by Gasteiger charge is -2.38. The Balaban J connectivity index is 1.07. The van der Waals surface area contributed by atoms with Crippen LogP contribution >= 0.6 is 31.9 Å². The summed E-state index contributed by atoms with van der Waals surface area (Å²) in [7, 11) is 2.06. The summed E-state index contributed by atoms with van der Waals surface area (Å²) in [4.78, 5) is 56.5. The van der Waals surface area contributed by atoms with Crippen molar-refractivity contribution >= 4 is 72.2 Å². The fraction of sp³-hybridized carbons (Fsp3) is 0.389. The van der Waals surface area contributed by atoms with Gasteiger partial charge >= 0.3 is 12.1 Å². The Bertz CT molecular complexity index is 1890. The van der Waals surface area contributed by atoms with Gasteiger partial charge in [-0.15, -0.1) is 0 Å². The Kier molecular flexibility index (Phi) is 10.0. The molecule has 3 aliphatic rings. The van der Waals surface area contributed by atoms with Crippen molar-refractivity contribution < 1.29 is 14.4 Å². The zero-order chi connectivity index (χ0) is 34.9. The number of H-pyrrole nitrogens is 1. The van der Waals surface area contributed by atoms with Gasteiger partial charge in [0.25, 0.3) is 5.91 Å². The van der Waals surface area contributed by atoms with Crippen molar-refractivity contribution in [3.8, 4) is 0 Å². The molecule has 4 heterocycles. The van der Waals surface area contributed by atoms with Crippen molar-refractivity contribution in [1.82, 2.24) is 34.9 Å². The van der Waals surface area contributed by atoms with Crippen molar-refractivity contribution in [2.75, 3.05) is 63.9 Å². The Labute approximate surface area is 308 Å². The number of hydrogen-bond acceptors (Lipinski definition) is 6. The van der Waals surface area contributed by atoms with Crippen molar-refractivity contribution in [2.45, 2.75) is 37.8 Å². The highest BCUT2D eigenvalue weighted by atomic mass is 79.9. The molecule has 50 heavy (non-hydrogen) atoms. The van der Waals surface area contributed by atoms with E-state index in [4.69, 9.17) is 10.7 Å². The van der Waals surface area contributed by atoms with E-state index in [1.807, 2.05) is 63.2 Å². The molecule has 0 bridgehead atoms. The van der Waals surface area contributed by atoms with Gasteiger partial charge in [0, 0.05) is 78.5 Å². The number of amides is 5. The molecule has 2 saturated heterocycles. The zero-order valence-electron chi connectivity index (χ0n) is 27.9. The van der Waals surface area contributed by atoms with Gasteiger partial charge in [-0.1, -0.05) is 18.2 Å². The zero-order valence-corrected chi connectivity index (χ0v) is 31.1. The normalized spacial score (nSPS) is 18.1. The molecular weight excluding hydrogens is 766 g/mol. The number of piperazine rings is 1. The van der Waals surface area contributed by atoms with E-state index in [0.717, 1.165) is 50.8 Å². The van der Waals surface area contributed by atoms with Crippen molar-refractivity contribution in [3.05, 3.63) is 86.1 Å². The first-order valence-corrected chi connectivity index (χ1v) is 18.6. The first-order valence-electron chi connectivity index (χ1n) is 17.0. The molecule has 0 unspecified atom stereocenters. The molecule has 5 amide bonds. The lowest BCUT2D eigenvalue weighted by Crippen LogP contribution is -2.52. The second-order valence-corrected chi connectivity index (χ2v) is 15.1. The number of urea groups is 2. The largest absolute Gasteiger partial charge is 0.397 e. The number of nitrogens with zero attached hydrogens (tertiary/aromatic N) is 5. The summed E-state index contributed by atoms with van der Waals surface area (Å²) >= 11 is 7.11. The molecule has 7 rings (SSSR count). The quantitative estimate of drug-likeness (QED) is 0.187. The number of nitrogens with one attached hydrogen (secondary N) is 3. The van der Waals surface area contributed by atoms with Gasteiger partial charge in [0.05, 0.1) is 22.8 Å². The molecule has 3 aliphatic heterocycles. The van der Waals surface area contributed by atoms with E-state index in [1.165, 1.54) is 0 Å². The lowest BCUT2D eigenvalue weighted by molar-refractivity contribution is 0.0664. The van der Waals surface area contributed by atoms with E-state index >= 15 is 0 Å². The molecule has 0 saturated carbocycles. The smallest absolute Gasteiger partial charge is 0.322 e. The molecule has 0 radical (unpaired) electrons. The van der Waals surface area contributed by atoms with Gasteiger partial charge in [-0.2, -0.15) is 0 Å². The number of imidazole rings is 1. The van der Waals surface area contributed by atoms with Gasteiger partial charge < -0.3 is 41.0 Å². The van der Waals surface area contributed by atoms with Gasteiger partial charge in [0.1, 0.15) is 5.82 Å². The Morgan fingerprint density at radius 2 is 1.68 bits per heavy atom. The number of carbonyl (C=O) groups is 3. The van der Waals surface area contributed by atoms with Crippen LogP contribution in [0.2, 0.25) is 0 Å². The third-order valence-electron chi connectivity index (χ3n) is 10.1. The van der Waals surface area contributed by atoms with E-state index < -0.39 is 6.04 Å². The average molecular weight is 808 g/mol. The van der Waals surface area contributed by atoms with Crippen LogP contribution < -0.4 is 16.4 Å². The number of rotatable bonds is 6. The predicted molar refractivity (Wildman–Crippen MR) is 201 cm³/mol. The maximum Gasteiger partial charge on any atom is 0.322 e. The monoisotopic (exact) mass is 805 g/mol. The number of likely N-dealkylation sites (tertiary alicyclic amines) is 1. The van der Waals surface area contributed by atoms with Crippen LogP contribution in [0.25, 0.3) is 11.0 Å². The first kappa shape index (κ1) is 34.3. The number of carbonyl (C=O) groups excluding carboxylic acids is 3. The van der Waals surface area contributed by atoms with Gasteiger partial charge in [0.2, 0.25) is 0 Å². The van der Waals surface area contributed by atoms with E-state index in [-0.39, 0.29) is 24.0 Å². The predicted octanol–water partition coefficient (Wildman–Crippen LogP) is 5.61. The Morgan fingerprint density at radius 3 is 2.42 bits per heavy atom. The molecule has 0 aliphatic carbocycles. The highest BCUT2D eigenvalue weighted by molar-refractivity contribution is 9.11. The Morgan fingerprint density at radius 1 is 0.960 bits per heavy atom. The van der Waals surface area contributed by atoms with Crippen LogP contribution in [-0.2, 0) is 12.8 Å². The van der Waals surface area contributed by atoms with E-state index in [1.54, 1.807) is 0 Å². The number of benzene rings is 3. The third kappa shape index (κ3) is 7.33. The summed E-state index contributed by atoms with van der Waals surface area (Å²) in [6, 6.07) is 16.6. The van der Waals surface area contributed by atoms with E-state index in [0.29, 0.717) is 74.6 Å². The molecule has 12 nitrogen and oxygen atoms in total. The SMILES string of the molecule is CN1CCN(C(=O)c2ccc3nc([C@@H](Cc4cc(Br)c(N)c(Br)c4)NC(=O)N4CCC(N5CCc6ccccc6NC5=O)CC4)[nH]c3c2)CC1. The van der Waals surface area contributed by atoms with E-state index in [2.05, 4.69) is 65.5 Å². The summed E-state index contributed by atoms with van der Waals surface area (Å²) in [6.07, 6.45) is 2.61. The number of fused-ring (bicyclic) bond motifs is 2. The van der Waals surface area contributed by atoms with Gasteiger partial charge in [0.15, 0.2) is 0 Å². The number of aromatic nitrogens is 2. The second-order valence-electron chi connectivity index (χ2n) is 13.4. The molecule has 4 aromatic rings. The minimum Gasteiger partial charge on any atom is -0.397 e. The molecule has 2 fully saturated rings.